The second kappa shape index (κ2) is 14.9. The van der Waals surface area contributed by atoms with Crippen LogP contribution in [0, 0.1) is 0 Å². The van der Waals surface area contributed by atoms with Crippen molar-refractivity contribution < 1.29 is 26.7 Å². The minimum Gasteiger partial charge on any atom is -0.481 e. The molecule has 0 aliphatic heterocycles. The molecule has 0 aromatic rings. The van der Waals surface area contributed by atoms with Crippen LogP contribution in [0.25, 0.3) is 0 Å². The molecule has 7 heteroatoms. The van der Waals surface area contributed by atoms with Gasteiger partial charge in [0, 0.05) is 6.42 Å². The molecule has 0 aromatic heterocycles. The molecule has 0 aliphatic carbocycles. The maximum Gasteiger partial charge on any atom is 0.399 e. The number of carbonyl (C=O) groups is 1. The van der Waals surface area contributed by atoms with E-state index in [2.05, 4.69) is 6.92 Å². The first-order chi connectivity index (χ1) is 11.0. The zero-order chi connectivity index (χ0) is 17.4. The van der Waals surface area contributed by atoms with Gasteiger partial charge in [0.25, 0.3) is 0 Å². The number of aliphatic carboxylic acids is 1. The van der Waals surface area contributed by atoms with Crippen molar-refractivity contribution >= 4 is 16.4 Å². The number of carboxylic acids is 1. The number of unbranched alkanes of at least 4 members (excludes halogenated alkanes) is 9. The number of carboxylic acid groups (broad SMARTS) is 1. The molecular formula is C16H32O6S. The molecule has 0 radical (unpaired) electrons. The monoisotopic (exact) mass is 352 g/mol. The van der Waals surface area contributed by atoms with Crippen molar-refractivity contribution in [1.82, 2.24) is 0 Å². The van der Waals surface area contributed by atoms with E-state index in [0.29, 0.717) is 19.3 Å². The minimum atomic E-state index is -3.91. The molecule has 0 amide bonds. The molecule has 0 spiro atoms. The van der Waals surface area contributed by atoms with E-state index >= 15 is 0 Å². The molecule has 1 N–H and O–H groups in total. The summed E-state index contributed by atoms with van der Waals surface area (Å²) in [7, 11) is -3.91. The first-order valence-electron chi connectivity index (χ1n) is 8.73. The van der Waals surface area contributed by atoms with Gasteiger partial charge in [-0.25, -0.2) is 8.37 Å². The Morgan fingerprint density at radius 1 is 0.783 bits per heavy atom. The average molecular weight is 352 g/mol. The van der Waals surface area contributed by atoms with Gasteiger partial charge in [0.1, 0.15) is 0 Å². The normalized spacial score (nSPS) is 11.7. The maximum absolute atomic E-state index is 11.4. The van der Waals surface area contributed by atoms with Crippen molar-refractivity contribution in [1.29, 1.82) is 0 Å². The third kappa shape index (κ3) is 17.5. The number of rotatable bonds is 17. The fourth-order valence-electron chi connectivity index (χ4n) is 2.15. The fourth-order valence-corrected chi connectivity index (χ4v) is 2.86. The Bertz CT molecular complexity index is 380. The van der Waals surface area contributed by atoms with Crippen LogP contribution in [0.15, 0.2) is 0 Å². The van der Waals surface area contributed by atoms with Crippen molar-refractivity contribution in [3.8, 4) is 0 Å². The lowest BCUT2D eigenvalue weighted by Crippen LogP contribution is -2.12. The van der Waals surface area contributed by atoms with Gasteiger partial charge < -0.3 is 5.11 Å². The van der Waals surface area contributed by atoms with Gasteiger partial charge in [0.15, 0.2) is 0 Å². The molecular weight excluding hydrogens is 320 g/mol. The van der Waals surface area contributed by atoms with Crippen LogP contribution in [-0.2, 0) is 23.6 Å². The highest BCUT2D eigenvalue weighted by Gasteiger charge is 2.11. The van der Waals surface area contributed by atoms with Crippen molar-refractivity contribution in [2.24, 2.45) is 0 Å². The van der Waals surface area contributed by atoms with E-state index in [9.17, 15) is 13.2 Å². The first-order valence-corrected chi connectivity index (χ1v) is 10.1. The van der Waals surface area contributed by atoms with Crippen LogP contribution in [0.2, 0.25) is 0 Å². The molecule has 6 nitrogen and oxygen atoms in total. The molecule has 0 heterocycles. The van der Waals surface area contributed by atoms with Gasteiger partial charge >= 0.3 is 16.4 Å². The number of hydrogen-bond acceptors (Lipinski definition) is 5. The largest absolute Gasteiger partial charge is 0.481 e. The average Bonchev–Trinajstić information content (AvgIpc) is 2.49. The molecule has 0 saturated carbocycles. The van der Waals surface area contributed by atoms with E-state index in [1.807, 2.05) is 0 Å². The molecule has 0 fully saturated rings. The van der Waals surface area contributed by atoms with Crippen LogP contribution in [0.1, 0.15) is 84.0 Å². The molecule has 0 aliphatic rings. The zero-order valence-corrected chi connectivity index (χ0v) is 15.1. The Kier molecular flexibility index (Phi) is 14.5. The highest BCUT2D eigenvalue weighted by atomic mass is 32.3. The summed E-state index contributed by atoms with van der Waals surface area (Å²) in [6.45, 7) is 2.39. The molecule has 23 heavy (non-hydrogen) atoms. The molecule has 0 bridgehead atoms. The summed E-state index contributed by atoms with van der Waals surface area (Å²) in [4.78, 5) is 10.3. The van der Waals surface area contributed by atoms with Crippen LogP contribution in [0.3, 0.4) is 0 Å². The number of hydrogen-bond donors (Lipinski definition) is 1. The zero-order valence-electron chi connectivity index (χ0n) is 14.3. The summed E-state index contributed by atoms with van der Waals surface area (Å²) in [5.41, 5.74) is 0. The molecule has 0 unspecified atom stereocenters. The Morgan fingerprint density at radius 2 is 1.22 bits per heavy atom. The third-order valence-corrected chi connectivity index (χ3v) is 4.40. The summed E-state index contributed by atoms with van der Waals surface area (Å²) in [5.74, 6) is -0.841. The van der Waals surface area contributed by atoms with Gasteiger partial charge in [-0.2, -0.15) is 8.42 Å². The van der Waals surface area contributed by atoms with Gasteiger partial charge in [-0.05, 0) is 19.3 Å². The first kappa shape index (κ1) is 22.3. The summed E-state index contributed by atoms with van der Waals surface area (Å²) in [6.07, 6.45) is 10.8. The topological polar surface area (TPSA) is 89.9 Å². The van der Waals surface area contributed by atoms with Crippen LogP contribution >= 0.6 is 0 Å². The lowest BCUT2D eigenvalue weighted by atomic mass is 10.1. The van der Waals surface area contributed by atoms with Crippen LogP contribution in [0.5, 0.6) is 0 Å². The summed E-state index contributed by atoms with van der Waals surface area (Å²) in [6, 6.07) is 0. The van der Waals surface area contributed by atoms with Crippen molar-refractivity contribution in [3.05, 3.63) is 0 Å². The van der Waals surface area contributed by atoms with Gasteiger partial charge in [0.05, 0.1) is 13.2 Å². The molecule has 0 rings (SSSR count). The van der Waals surface area contributed by atoms with Gasteiger partial charge in [-0.3, -0.25) is 4.79 Å². The van der Waals surface area contributed by atoms with Crippen LogP contribution in [-0.4, -0.2) is 32.7 Å². The lowest BCUT2D eigenvalue weighted by molar-refractivity contribution is -0.137. The predicted octanol–water partition coefficient (Wildman–Crippen LogP) is 4.05. The molecule has 138 valence electrons. The summed E-state index contributed by atoms with van der Waals surface area (Å²) in [5, 5.41) is 8.46. The Morgan fingerprint density at radius 3 is 1.70 bits per heavy atom. The van der Waals surface area contributed by atoms with E-state index in [1.165, 1.54) is 32.1 Å². The molecule has 0 atom stereocenters. The van der Waals surface area contributed by atoms with E-state index in [0.717, 1.165) is 19.3 Å². The summed E-state index contributed by atoms with van der Waals surface area (Å²) >= 11 is 0. The lowest BCUT2D eigenvalue weighted by Gasteiger charge is -2.06. The highest BCUT2D eigenvalue weighted by molar-refractivity contribution is 7.81. The van der Waals surface area contributed by atoms with Crippen LogP contribution < -0.4 is 0 Å². The second-order valence-corrected chi connectivity index (χ2v) is 7.02. The van der Waals surface area contributed by atoms with Gasteiger partial charge in [0.2, 0.25) is 0 Å². The van der Waals surface area contributed by atoms with Crippen LogP contribution in [0.4, 0.5) is 0 Å². The highest BCUT2D eigenvalue weighted by Crippen LogP contribution is 2.09. The van der Waals surface area contributed by atoms with Crippen molar-refractivity contribution in [2.45, 2.75) is 84.0 Å². The quantitative estimate of drug-likeness (QED) is 0.397. The Hall–Kier alpha value is -0.660. The van der Waals surface area contributed by atoms with Crippen molar-refractivity contribution in [3.63, 3.8) is 0 Å². The van der Waals surface area contributed by atoms with Gasteiger partial charge in [-0.15, -0.1) is 0 Å². The minimum absolute atomic E-state index is 0.0411. The maximum atomic E-state index is 11.4. The standard InChI is InChI=1S/C16H32O6S/c1-2-3-4-5-6-7-8-11-14-21-23(19,20)22-15-12-9-10-13-16(17)18/h2-15H2,1H3,(H,17,18). The smallest absolute Gasteiger partial charge is 0.399 e. The SMILES string of the molecule is CCCCCCCCCCOS(=O)(=O)OCCCCCC(=O)O. The summed E-state index contributed by atoms with van der Waals surface area (Å²) < 4.78 is 32.4. The molecule has 0 saturated heterocycles. The predicted molar refractivity (Wildman–Crippen MR) is 89.5 cm³/mol. The van der Waals surface area contributed by atoms with E-state index in [-0.39, 0.29) is 19.6 Å². The van der Waals surface area contributed by atoms with Crippen molar-refractivity contribution in [2.75, 3.05) is 13.2 Å². The fraction of sp³-hybridized carbons (Fsp3) is 0.938. The second-order valence-electron chi connectivity index (χ2n) is 5.73. The molecule has 0 aromatic carbocycles. The Balaban J connectivity index is 3.42. The van der Waals surface area contributed by atoms with E-state index in [1.54, 1.807) is 0 Å². The van der Waals surface area contributed by atoms with E-state index < -0.39 is 16.4 Å². The Labute approximate surface area is 140 Å². The van der Waals surface area contributed by atoms with E-state index in [4.69, 9.17) is 13.5 Å². The van der Waals surface area contributed by atoms with Gasteiger partial charge in [-0.1, -0.05) is 58.3 Å². The third-order valence-electron chi connectivity index (χ3n) is 3.49.